The molecule has 4 nitrogen and oxygen atoms in total. The molecule has 2 aromatic rings. The van der Waals surface area contributed by atoms with Crippen molar-refractivity contribution in [1.82, 2.24) is 5.32 Å². The Morgan fingerprint density at radius 1 is 1.00 bits per heavy atom. The van der Waals surface area contributed by atoms with Crippen LogP contribution < -0.4 is 5.32 Å². The van der Waals surface area contributed by atoms with Gasteiger partial charge in [-0.15, -0.1) is 0 Å². The van der Waals surface area contributed by atoms with Gasteiger partial charge in [0.25, 0.3) is 5.91 Å². The molecule has 0 aliphatic heterocycles. The van der Waals surface area contributed by atoms with E-state index < -0.39 is 9.84 Å². The molecule has 0 aromatic heterocycles. The second-order valence-electron chi connectivity index (χ2n) is 5.40. The van der Waals surface area contributed by atoms with Crippen LogP contribution in [0.2, 0.25) is 0 Å². The highest BCUT2D eigenvalue weighted by molar-refractivity contribution is 7.90. The van der Waals surface area contributed by atoms with Gasteiger partial charge < -0.3 is 5.32 Å². The van der Waals surface area contributed by atoms with Crippen molar-refractivity contribution in [1.29, 1.82) is 0 Å². The van der Waals surface area contributed by atoms with Crippen LogP contribution >= 0.6 is 0 Å². The maximum atomic E-state index is 12.2. The Bertz CT molecular complexity index is 763. The Morgan fingerprint density at radius 2 is 1.55 bits per heavy atom. The molecule has 5 heteroatoms. The maximum Gasteiger partial charge on any atom is 0.251 e. The van der Waals surface area contributed by atoms with Gasteiger partial charge in [-0.25, -0.2) is 8.42 Å². The van der Waals surface area contributed by atoms with E-state index in [2.05, 4.69) is 5.32 Å². The van der Waals surface area contributed by atoms with Crippen LogP contribution in [-0.2, 0) is 9.84 Å². The summed E-state index contributed by atoms with van der Waals surface area (Å²) in [6, 6.07) is 13.7. The van der Waals surface area contributed by atoms with E-state index >= 15 is 0 Å². The number of carbonyl (C=O) groups excluding carboxylic acids is 1. The molecule has 22 heavy (non-hydrogen) atoms. The lowest BCUT2D eigenvalue weighted by Gasteiger charge is -2.15. The third-order valence-corrected chi connectivity index (χ3v) is 4.60. The zero-order valence-corrected chi connectivity index (χ0v) is 13.6. The number of nitrogens with one attached hydrogen (secondary N) is 1. The standard InChI is InChI=1S/C17H19NO3S/c1-12-4-6-15(7-5-12)17(19)18-13(2)14-8-10-16(11-9-14)22(3,20)21/h4-11,13H,1-3H3,(H,18,19)/t13-/m0/s1. The van der Waals surface area contributed by atoms with E-state index in [0.717, 1.165) is 11.1 Å². The predicted molar refractivity (Wildman–Crippen MR) is 86.6 cm³/mol. The number of benzene rings is 2. The summed E-state index contributed by atoms with van der Waals surface area (Å²) in [6.45, 7) is 3.83. The van der Waals surface area contributed by atoms with Crippen LogP contribution in [0, 0.1) is 6.92 Å². The van der Waals surface area contributed by atoms with Gasteiger partial charge >= 0.3 is 0 Å². The summed E-state index contributed by atoms with van der Waals surface area (Å²) in [6.07, 6.45) is 1.17. The van der Waals surface area contributed by atoms with Crippen LogP contribution in [-0.4, -0.2) is 20.6 Å². The number of carbonyl (C=O) groups is 1. The Morgan fingerprint density at radius 3 is 2.05 bits per heavy atom. The summed E-state index contributed by atoms with van der Waals surface area (Å²) >= 11 is 0. The second-order valence-corrected chi connectivity index (χ2v) is 7.42. The Kier molecular flexibility index (Phi) is 4.66. The van der Waals surface area contributed by atoms with E-state index in [1.165, 1.54) is 6.26 Å². The highest BCUT2D eigenvalue weighted by Crippen LogP contribution is 2.17. The van der Waals surface area contributed by atoms with Crippen LogP contribution in [0.15, 0.2) is 53.4 Å². The number of aryl methyl sites for hydroxylation is 1. The first kappa shape index (κ1) is 16.2. The topological polar surface area (TPSA) is 63.2 Å². The van der Waals surface area contributed by atoms with Gasteiger partial charge in [-0.05, 0) is 43.7 Å². The van der Waals surface area contributed by atoms with Crippen molar-refractivity contribution < 1.29 is 13.2 Å². The molecule has 0 radical (unpaired) electrons. The number of sulfone groups is 1. The van der Waals surface area contributed by atoms with Gasteiger partial charge in [-0.2, -0.15) is 0 Å². The summed E-state index contributed by atoms with van der Waals surface area (Å²) < 4.78 is 22.9. The third kappa shape index (κ3) is 3.95. The zero-order chi connectivity index (χ0) is 16.3. The monoisotopic (exact) mass is 317 g/mol. The molecule has 2 aromatic carbocycles. The molecule has 0 heterocycles. The van der Waals surface area contributed by atoms with E-state index in [4.69, 9.17) is 0 Å². The molecule has 1 amide bonds. The van der Waals surface area contributed by atoms with Crippen molar-refractivity contribution in [3.8, 4) is 0 Å². The molecule has 0 fully saturated rings. The summed E-state index contributed by atoms with van der Waals surface area (Å²) in [7, 11) is -3.20. The molecule has 0 unspecified atom stereocenters. The maximum absolute atomic E-state index is 12.2. The molecule has 0 saturated heterocycles. The van der Waals surface area contributed by atoms with Gasteiger partial charge in [0, 0.05) is 11.8 Å². The smallest absolute Gasteiger partial charge is 0.251 e. The number of hydrogen-bond donors (Lipinski definition) is 1. The van der Waals surface area contributed by atoms with Gasteiger partial charge in [-0.3, -0.25) is 4.79 Å². The predicted octanol–water partition coefficient (Wildman–Crippen LogP) is 2.89. The molecule has 2 rings (SSSR count). The molecule has 0 aliphatic carbocycles. The molecular formula is C17H19NO3S. The number of hydrogen-bond acceptors (Lipinski definition) is 3. The molecule has 0 spiro atoms. The van der Waals surface area contributed by atoms with E-state index in [1.807, 2.05) is 26.0 Å². The normalized spacial score (nSPS) is 12.7. The molecule has 0 bridgehead atoms. The van der Waals surface area contributed by atoms with E-state index in [0.29, 0.717) is 5.56 Å². The fraction of sp³-hybridized carbons (Fsp3) is 0.235. The molecule has 0 aliphatic rings. The molecule has 1 N–H and O–H groups in total. The van der Waals surface area contributed by atoms with Crippen LogP contribution in [0.3, 0.4) is 0 Å². The molecule has 1 atom stereocenters. The van der Waals surface area contributed by atoms with Gasteiger partial charge in [0.1, 0.15) is 0 Å². The van der Waals surface area contributed by atoms with Crippen LogP contribution in [0.4, 0.5) is 0 Å². The molecule has 0 saturated carbocycles. The molecular weight excluding hydrogens is 298 g/mol. The van der Waals surface area contributed by atoms with Crippen molar-refractivity contribution in [3.63, 3.8) is 0 Å². The average Bonchev–Trinajstić information content (AvgIpc) is 2.47. The van der Waals surface area contributed by atoms with Gasteiger partial charge in [-0.1, -0.05) is 29.8 Å². The summed E-state index contributed by atoms with van der Waals surface area (Å²) in [5.74, 6) is -0.153. The van der Waals surface area contributed by atoms with Gasteiger partial charge in [0.15, 0.2) is 9.84 Å². The Balaban J connectivity index is 2.10. The minimum atomic E-state index is -3.20. The van der Waals surface area contributed by atoms with Crippen molar-refractivity contribution in [2.24, 2.45) is 0 Å². The lowest BCUT2D eigenvalue weighted by Crippen LogP contribution is -2.26. The van der Waals surface area contributed by atoms with Crippen molar-refractivity contribution in [2.75, 3.05) is 6.26 Å². The van der Waals surface area contributed by atoms with E-state index in [9.17, 15) is 13.2 Å². The number of amides is 1. The number of rotatable bonds is 4. The Labute approximate surface area is 131 Å². The fourth-order valence-corrected chi connectivity index (χ4v) is 2.70. The first-order valence-electron chi connectivity index (χ1n) is 6.95. The first-order chi connectivity index (χ1) is 10.3. The third-order valence-electron chi connectivity index (χ3n) is 3.47. The van der Waals surface area contributed by atoms with Crippen LogP contribution in [0.1, 0.15) is 34.5 Å². The highest BCUT2D eigenvalue weighted by atomic mass is 32.2. The van der Waals surface area contributed by atoms with E-state index in [1.54, 1.807) is 36.4 Å². The lowest BCUT2D eigenvalue weighted by molar-refractivity contribution is 0.0940. The summed E-state index contributed by atoms with van der Waals surface area (Å²) in [4.78, 5) is 12.4. The molecule has 116 valence electrons. The fourth-order valence-electron chi connectivity index (χ4n) is 2.07. The van der Waals surface area contributed by atoms with Crippen molar-refractivity contribution in [3.05, 3.63) is 65.2 Å². The highest BCUT2D eigenvalue weighted by Gasteiger charge is 2.13. The quantitative estimate of drug-likeness (QED) is 0.943. The summed E-state index contributed by atoms with van der Waals surface area (Å²) in [5.41, 5.74) is 2.55. The van der Waals surface area contributed by atoms with Crippen LogP contribution in [0.25, 0.3) is 0 Å². The Hall–Kier alpha value is -2.14. The van der Waals surface area contributed by atoms with Gasteiger partial charge in [0.2, 0.25) is 0 Å². The minimum absolute atomic E-state index is 0.153. The van der Waals surface area contributed by atoms with E-state index in [-0.39, 0.29) is 16.8 Å². The van der Waals surface area contributed by atoms with Crippen molar-refractivity contribution >= 4 is 15.7 Å². The first-order valence-corrected chi connectivity index (χ1v) is 8.84. The van der Waals surface area contributed by atoms with Gasteiger partial charge in [0.05, 0.1) is 10.9 Å². The van der Waals surface area contributed by atoms with Crippen molar-refractivity contribution in [2.45, 2.75) is 24.8 Å². The second kappa shape index (κ2) is 6.32. The minimum Gasteiger partial charge on any atom is -0.346 e. The zero-order valence-electron chi connectivity index (χ0n) is 12.8. The largest absolute Gasteiger partial charge is 0.346 e. The van der Waals surface area contributed by atoms with Crippen LogP contribution in [0.5, 0.6) is 0 Å². The summed E-state index contributed by atoms with van der Waals surface area (Å²) in [5, 5.41) is 2.90. The SMILES string of the molecule is Cc1ccc(C(=O)N[C@@H](C)c2ccc(S(C)(=O)=O)cc2)cc1. The lowest BCUT2D eigenvalue weighted by atomic mass is 10.1. The average molecular weight is 317 g/mol.